The van der Waals surface area contributed by atoms with Gasteiger partial charge in [-0.05, 0) is 30.9 Å². The molecule has 3 unspecified atom stereocenters. The molecule has 33 heavy (non-hydrogen) atoms. The first-order valence-electron chi connectivity index (χ1n) is 9.08. The van der Waals surface area contributed by atoms with Crippen molar-refractivity contribution in [3.8, 4) is 0 Å². The first-order valence-corrected chi connectivity index (χ1v) is 9.08. The molecule has 0 amide bonds. The van der Waals surface area contributed by atoms with E-state index in [2.05, 4.69) is 4.74 Å². The number of hydrogen-bond donors (Lipinski definition) is 2. The van der Waals surface area contributed by atoms with Crippen LogP contribution < -0.4 is 0 Å². The number of hydrogen-bond acceptors (Lipinski definition) is 4. The summed E-state index contributed by atoms with van der Waals surface area (Å²) >= 11 is 0. The maximum Gasteiger partial charge on any atom is 0.430 e. The fraction of sp³-hybridized carbons (Fsp3) is 0.824. The molecular formula is C17H18F12O4. The Balaban J connectivity index is 3.75. The van der Waals surface area contributed by atoms with Crippen LogP contribution in [0.15, 0.2) is 11.6 Å². The van der Waals surface area contributed by atoms with Gasteiger partial charge in [0.15, 0.2) is 0 Å². The second-order valence-electron chi connectivity index (χ2n) is 7.58. The van der Waals surface area contributed by atoms with E-state index in [9.17, 15) is 67.7 Å². The molecule has 0 heterocycles. The van der Waals surface area contributed by atoms with Crippen LogP contribution in [0.3, 0.4) is 0 Å². The molecule has 4 nitrogen and oxygen atoms in total. The normalized spacial score (nSPS) is 22.6. The molecule has 1 rings (SSSR count). The lowest BCUT2D eigenvalue weighted by Crippen LogP contribution is -2.64. The predicted molar refractivity (Wildman–Crippen MR) is 84.3 cm³/mol. The van der Waals surface area contributed by atoms with Crippen molar-refractivity contribution in [3.05, 3.63) is 11.6 Å². The van der Waals surface area contributed by atoms with E-state index in [0.29, 0.717) is 0 Å². The predicted octanol–water partition coefficient (Wildman–Crippen LogP) is 4.99. The molecule has 0 fully saturated rings. The van der Waals surface area contributed by atoms with Crippen LogP contribution in [0.25, 0.3) is 0 Å². The third-order valence-electron chi connectivity index (χ3n) is 5.39. The molecule has 1 aliphatic rings. The molecule has 0 aliphatic heterocycles. The Hall–Kier alpha value is -1.71. The number of carbonyl (C=O) groups excluding carboxylic acids is 1. The van der Waals surface area contributed by atoms with Crippen molar-refractivity contribution in [2.75, 3.05) is 0 Å². The zero-order chi connectivity index (χ0) is 26.4. The number of rotatable bonds is 5. The van der Waals surface area contributed by atoms with Gasteiger partial charge in [0.05, 0.1) is 5.92 Å². The summed E-state index contributed by atoms with van der Waals surface area (Å²) < 4.78 is 163. The van der Waals surface area contributed by atoms with Crippen LogP contribution >= 0.6 is 0 Å². The van der Waals surface area contributed by atoms with Gasteiger partial charge in [-0.3, -0.25) is 4.79 Å². The van der Waals surface area contributed by atoms with Gasteiger partial charge >= 0.3 is 30.7 Å². The summed E-state index contributed by atoms with van der Waals surface area (Å²) in [6.07, 6.45) is -33.1. The van der Waals surface area contributed by atoms with Crippen molar-refractivity contribution >= 4 is 5.97 Å². The molecular weight excluding hydrogens is 496 g/mol. The van der Waals surface area contributed by atoms with Gasteiger partial charge in [-0.1, -0.05) is 13.8 Å². The zero-order valence-corrected chi connectivity index (χ0v) is 16.7. The Kier molecular flexibility index (Phi) is 7.83. The Morgan fingerprint density at radius 1 is 0.939 bits per heavy atom. The van der Waals surface area contributed by atoms with Gasteiger partial charge in [0, 0.05) is 5.92 Å². The van der Waals surface area contributed by atoms with E-state index < -0.39 is 78.2 Å². The minimum atomic E-state index is -6.64. The maximum atomic E-state index is 13.2. The topological polar surface area (TPSA) is 66.8 Å². The number of halogens is 12. The van der Waals surface area contributed by atoms with E-state index in [1.807, 2.05) is 0 Å². The molecule has 1 aliphatic carbocycles. The third kappa shape index (κ3) is 5.20. The van der Waals surface area contributed by atoms with Crippen LogP contribution in [0, 0.1) is 11.8 Å². The van der Waals surface area contributed by atoms with Gasteiger partial charge in [-0.15, -0.1) is 0 Å². The van der Waals surface area contributed by atoms with Crippen LogP contribution in [0.4, 0.5) is 52.7 Å². The molecule has 2 N–H and O–H groups in total. The van der Waals surface area contributed by atoms with Crippen LogP contribution in [-0.4, -0.2) is 58.2 Å². The molecule has 0 aromatic carbocycles. The summed E-state index contributed by atoms with van der Waals surface area (Å²) in [6, 6.07) is 0. The first kappa shape index (κ1) is 29.3. The lowest BCUT2D eigenvalue weighted by Gasteiger charge is -2.44. The van der Waals surface area contributed by atoms with Crippen molar-refractivity contribution in [2.45, 2.75) is 75.1 Å². The van der Waals surface area contributed by atoms with Gasteiger partial charge < -0.3 is 14.9 Å². The summed E-state index contributed by atoms with van der Waals surface area (Å²) in [6.45, 7) is 2.55. The van der Waals surface area contributed by atoms with Crippen molar-refractivity contribution in [2.24, 2.45) is 11.8 Å². The van der Waals surface area contributed by atoms with Crippen LogP contribution in [-0.2, 0) is 9.53 Å². The van der Waals surface area contributed by atoms with Crippen molar-refractivity contribution < 1.29 is 72.4 Å². The van der Waals surface area contributed by atoms with Crippen LogP contribution in [0.5, 0.6) is 0 Å². The van der Waals surface area contributed by atoms with Crippen LogP contribution in [0.2, 0.25) is 0 Å². The monoisotopic (exact) mass is 514 g/mol. The van der Waals surface area contributed by atoms with Gasteiger partial charge in [0.1, 0.15) is 6.10 Å². The summed E-state index contributed by atoms with van der Waals surface area (Å²) in [5.74, 6) is -5.84. The third-order valence-corrected chi connectivity index (χ3v) is 5.39. The average molecular weight is 514 g/mol. The summed E-state index contributed by atoms with van der Waals surface area (Å²) in [4.78, 5) is 11.9. The highest BCUT2D eigenvalue weighted by atomic mass is 19.4. The van der Waals surface area contributed by atoms with Gasteiger partial charge in [-0.2, -0.15) is 52.7 Å². The van der Waals surface area contributed by atoms with Gasteiger partial charge in [0.25, 0.3) is 11.2 Å². The van der Waals surface area contributed by atoms with E-state index in [-0.39, 0.29) is 12.5 Å². The lowest BCUT2D eigenvalue weighted by atomic mass is 9.71. The molecule has 0 radical (unpaired) electrons. The van der Waals surface area contributed by atoms with E-state index in [1.165, 1.54) is 6.92 Å². The minimum absolute atomic E-state index is 0.00433. The second kappa shape index (κ2) is 8.82. The number of alkyl halides is 12. The lowest BCUT2D eigenvalue weighted by molar-refractivity contribution is -0.388. The molecule has 3 atom stereocenters. The molecule has 0 saturated carbocycles. The molecule has 0 bridgehead atoms. The minimum Gasteiger partial charge on any atom is -0.458 e. The van der Waals surface area contributed by atoms with E-state index in [1.54, 1.807) is 0 Å². The van der Waals surface area contributed by atoms with Crippen LogP contribution in [0.1, 0.15) is 33.1 Å². The molecule has 194 valence electrons. The second-order valence-corrected chi connectivity index (χ2v) is 7.58. The Bertz CT molecular complexity index is 719. The van der Waals surface area contributed by atoms with Crippen molar-refractivity contribution in [3.63, 3.8) is 0 Å². The molecule has 0 aromatic rings. The quantitative estimate of drug-likeness (QED) is 0.308. The molecule has 16 heteroatoms. The van der Waals surface area contributed by atoms with E-state index in [4.69, 9.17) is 0 Å². The fourth-order valence-electron chi connectivity index (χ4n) is 3.24. The summed E-state index contributed by atoms with van der Waals surface area (Å²) in [7, 11) is 0. The Morgan fingerprint density at radius 3 is 1.70 bits per heavy atom. The summed E-state index contributed by atoms with van der Waals surface area (Å²) in [5, 5.41) is 19.0. The van der Waals surface area contributed by atoms with Gasteiger partial charge in [0.2, 0.25) is 0 Å². The van der Waals surface area contributed by atoms with Crippen molar-refractivity contribution in [1.29, 1.82) is 0 Å². The maximum absolute atomic E-state index is 13.2. The number of ether oxygens (including phenoxy) is 1. The standard InChI is InChI=1S/C17H18F12O4/c1-3-7(2)11(30)33-10-5-8(12(31,14(18,19)20)15(21,22)23)4-9(6-10)13(32,16(24,25)26)17(27,28)29/h5,7,9-10,31-32H,3-4,6H2,1-2H3. The van der Waals surface area contributed by atoms with E-state index in [0.717, 1.165) is 6.92 Å². The average Bonchev–Trinajstić information content (AvgIpc) is 2.61. The number of esters is 1. The highest BCUT2D eigenvalue weighted by molar-refractivity contribution is 5.72. The molecule has 0 spiro atoms. The molecule has 0 saturated heterocycles. The van der Waals surface area contributed by atoms with Gasteiger partial charge in [-0.25, -0.2) is 0 Å². The first-order chi connectivity index (χ1) is 14.4. The highest BCUT2D eigenvalue weighted by Crippen LogP contribution is 2.56. The Labute approximate surface area is 178 Å². The molecule has 0 aromatic heterocycles. The van der Waals surface area contributed by atoms with Crippen molar-refractivity contribution in [1.82, 2.24) is 0 Å². The number of aliphatic hydroxyl groups is 2. The largest absolute Gasteiger partial charge is 0.458 e. The SMILES string of the molecule is CCC(C)C(=O)OC1C=C(C(O)(C(F)(F)F)C(F)(F)F)CC(C(O)(C(F)(F)F)C(F)(F)F)C1. The number of carbonyl (C=O) groups is 1. The zero-order valence-electron chi connectivity index (χ0n) is 16.7. The highest BCUT2D eigenvalue weighted by Gasteiger charge is 2.77. The Morgan fingerprint density at radius 2 is 1.36 bits per heavy atom. The smallest absolute Gasteiger partial charge is 0.430 e. The van der Waals surface area contributed by atoms with E-state index >= 15 is 0 Å². The fourth-order valence-corrected chi connectivity index (χ4v) is 3.24. The summed E-state index contributed by atoms with van der Waals surface area (Å²) in [5.41, 5.74) is -14.0.